The lowest BCUT2D eigenvalue weighted by Crippen LogP contribution is -2.39. The van der Waals surface area contributed by atoms with E-state index in [9.17, 15) is 20.1 Å². The highest BCUT2D eigenvalue weighted by molar-refractivity contribution is 9.11. The molecule has 0 atom stereocenters. The quantitative estimate of drug-likeness (QED) is 0.185. The van der Waals surface area contributed by atoms with Crippen molar-refractivity contribution in [2.24, 2.45) is 10.8 Å². The lowest BCUT2D eigenvalue weighted by molar-refractivity contribution is -0.117. The molecule has 0 aliphatic rings. The standard InChI is InChI=1S/C19H15Br2N3O4/c20-15-17(26)12(18(27)16(21)19(15)28)8-23-9-14(25)24(22)13-7-3-5-10-4-1-2-6-11(10)13/h1-8,26-28H,9,22H2. The van der Waals surface area contributed by atoms with Crippen molar-refractivity contribution < 1.29 is 20.1 Å². The Hall–Kier alpha value is -2.62. The van der Waals surface area contributed by atoms with Gasteiger partial charge in [-0.25, -0.2) is 10.9 Å². The van der Waals surface area contributed by atoms with Crippen LogP contribution in [0.4, 0.5) is 5.69 Å². The van der Waals surface area contributed by atoms with Gasteiger partial charge in [-0.3, -0.25) is 9.79 Å². The van der Waals surface area contributed by atoms with Crippen molar-refractivity contribution in [2.45, 2.75) is 0 Å². The number of fused-ring (bicyclic) bond motifs is 1. The molecular weight excluding hydrogens is 494 g/mol. The summed E-state index contributed by atoms with van der Waals surface area (Å²) in [5.74, 6) is 4.32. The van der Waals surface area contributed by atoms with E-state index in [1.165, 1.54) is 0 Å². The Bertz CT molecular complexity index is 1070. The Balaban J connectivity index is 1.83. The van der Waals surface area contributed by atoms with Crippen molar-refractivity contribution in [3.05, 3.63) is 57.0 Å². The normalized spacial score (nSPS) is 11.2. The summed E-state index contributed by atoms with van der Waals surface area (Å²) in [5, 5.41) is 32.7. The van der Waals surface area contributed by atoms with Crippen molar-refractivity contribution in [2.75, 3.05) is 11.6 Å². The van der Waals surface area contributed by atoms with Gasteiger partial charge in [0.25, 0.3) is 5.91 Å². The topological polar surface area (TPSA) is 119 Å². The largest absolute Gasteiger partial charge is 0.506 e. The molecule has 3 aromatic carbocycles. The summed E-state index contributed by atoms with van der Waals surface area (Å²) in [6, 6.07) is 13.0. The van der Waals surface area contributed by atoms with Crippen LogP contribution >= 0.6 is 31.9 Å². The minimum atomic E-state index is -0.483. The number of aliphatic imine (C=N–C) groups is 1. The molecule has 1 amide bonds. The number of hydrogen-bond acceptors (Lipinski definition) is 6. The average molecular weight is 509 g/mol. The van der Waals surface area contributed by atoms with E-state index in [0.717, 1.165) is 22.0 Å². The summed E-state index contributed by atoms with van der Waals surface area (Å²) in [6.45, 7) is -0.311. The number of carbonyl (C=O) groups excluding carboxylic acids is 1. The number of phenolic OH excluding ortho intramolecular Hbond substituents is 3. The molecule has 0 fully saturated rings. The fourth-order valence-corrected chi connectivity index (χ4v) is 3.73. The second kappa shape index (κ2) is 8.17. The third-order valence-corrected chi connectivity index (χ3v) is 5.59. The monoisotopic (exact) mass is 507 g/mol. The highest BCUT2D eigenvalue weighted by Crippen LogP contribution is 2.47. The van der Waals surface area contributed by atoms with Gasteiger partial charge >= 0.3 is 0 Å². The number of carbonyl (C=O) groups is 1. The molecule has 0 saturated heterocycles. The van der Waals surface area contributed by atoms with Gasteiger partial charge in [-0.1, -0.05) is 36.4 Å². The first kappa shape index (κ1) is 20.1. The van der Waals surface area contributed by atoms with Gasteiger partial charge in [0.1, 0.15) is 27.0 Å². The van der Waals surface area contributed by atoms with Crippen LogP contribution in [0.3, 0.4) is 0 Å². The van der Waals surface area contributed by atoms with Gasteiger partial charge < -0.3 is 15.3 Å². The molecule has 0 heterocycles. The number of hydrogen-bond donors (Lipinski definition) is 4. The van der Waals surface area contributed by atoms with Crippen molar-refractivity contribution >= 4 is 60.4 Å². The van der Waals surface area contributed by atoms with E-state index in [4.69, 9.17) is 5.84 Å². The third kappa shape index (κ3) is 3.68. The van der Waals surface area contributed by atoms with Gasteiger partial charge in [-0.05, 0) is 43.3 Å². The fourth-order valence-electron chi connectivity index (χ4n) is 2.64. The second-order valence-electron chi connectivity index (χ2n) is 5.82. The van der Waals surface area contributed by atoms with E-state index >= 15 is 0 Å². The van der Waals surface area contributed by atoms with E-state index in [2.05, 4.69) is 36.9 Å². The SMILES string of the molecule is NN(C(=O)CN=Cc1c(O)c(Br)c(O)c(Br)c1O)c1cccc2ccccc12. The van der Waals surface area contributed by atoms with Gasteiger partial charge in [-0.2, -0.15) is 0 Å². The number of anilines is 1. The van der Waals surface area contributed by atoms with Crippen LogP contribution in [0.2, 0.25) is 0 Å². The van der Waals surface area contributed by atoms with Crippen molar-refractivity contribution in [1.29, 1.82) is 0 Å². The molecule has 28 heavy (non-hydrogen) atoms. The van der Waals surface area contributed by atoms with Crippen LogP contribution in [0.5, 0.6) is 17.2 Å². The Morgan fingerprint density at radius 3 is 2.29 bits per heavy atom. The van der Waals surface area contributed by atoms with E-state index in [1.54, 1.807) is 12.1 Å². The van der Waals surface area contributed by atoms with Crippen LogP contribution < -0.4 is 10.9 Å². The summed E-state index contributed by atoms with van der Waals surface area (Å²) in [5.41, 5.74) is 0.484. The number of nitrogens with zero attached hydrogens (tertiary/aromatic N) is 2. The number of nitrogens with two attached hydrogens (primary N) is 1. The Kier molecular flexibility index (Phi) is 5.87. The van der Waals surface area contributed by atoms with Crippen LogP contribution in [0.15, 0.2) is 56.4 Å². The minimum Gasteiger partial charge on any atom is -0.506 e. The van der Waals surface area contributed by atoms with Crippen LogP contribution in [0, 0.1) is 0 Å². The van der Waals surface area contributed by atoms with Crippen LogP contribution in [0.1, 0.15) is 5.56 Å². The first-order valence-corrected chi connectivity index (χ1v) is 9.58. The maximum absolute atomic E-state index is 12.4. The summed E-state index contributed by atoms with van der Waals surface area (Å²) < 4.78 is -0.0256. The molecule has 7 nitrogen and oxygen atoms in total. The number of hydrazine groups is 1. The van der Waals surface area contributed by atoms with Gasteiger partial charge in [-0.15, -0.1) is 0 Å². The molecule has 0 saturated carbocycles. The first-order chi connectivity index (χ1) is 13.3. The molecule has 0 aliphatic heterocycles. The number of benzene rings is 3. The number of halogens is 2. The Morgan fingerprint density at radius 1 is 1.00 bits per heavy atom. The molecule has 5 N–H and O–H groups in total. The minimum absolute atomic E-state index is 0.0128. The van der Waals surface area contributed by atoms with Gasteiger partial charge in [0.15, 0.2) is 5.75 Å². The molecule has 0 unspecified atom stereocenters. The maximum Gasteiger partial charge on any atom is 0.262 e. The van der Waals surface area contributed by atoms with E-state index in [0.29, 0.717) is 5.69 Å². The van der Waals surface area contributed by atoms with Gasteiger partial charge in [0.05, 0.1) is 11.3 Å². The zero-order valence-corrected chi connectivity index (χ0v) is 17.5. The van der Waals surface area contributed by atoms with Crippen LogP contribution in [0.25, 0.3) is 10.8 Å². The van der Waals surface area contributed by atoms with Crippen molar-refractivity contribution in [3.63, 3.8) is 0 Å². The number of amides is 1. The van der Waals surface area contributed by atoms with E-state index < -0.39 is 17.4 Å². The molecule has 0 aromatic heterocycles. The van der Waals surface area contributed by atoms with E-state index in [1.807, 2.05) is 30.3 Å². The second-order valence-corrected chi connectivity index (χ2v) is 7.41. The molecule has 0 bridgehead atoms. The summed E-state index contributed by atoms with van der Waals surface area (Å²) >= 11 is 6.03. The molecule has 144 valence electrons. The number of aromatic hydroxyl groups is 3. The van der Waals surface area contributed by atoms with Crippen molar-refractivity contribution in [3.8, 4) is 17.2 Å². The lowest BCUT2D eigenvalue weighted by Gasteiger charge is -2.17. The Morgan fingerprint density at radius 2 is 1.61 bits per heavy atom. The van der Waals surface area contributed by atoms with Gasteiger partial charge in [0.2, 0.25) is 0 Å². The summed E-state index contributed by atoms with van der Waals surface area (Å²) in [4.78, 5) is 16.4. The van der Waals surface area contributed by atoms with E-state index in [-0.39, 0.29) is 26.8 Å². The third-order valence-electron chi connectivity index (χ3n) is 4.08. The Labute approximate surface area is 177 Å². The molecule has 0 spiro atoms. The fraction of sp³-hybridized carbons (Fsp3) is 0.0526. The summed E-state index contributed by atoms with van der Waals surface area (Å²) in [7, 11) is 0. The number of phenols is 3. The van der Waals surface area contributed by atoms with Crippen molar-refractivity contribution in [1.82, 2.24) is 0 Å². The molecular formula is C19H15Br2N3O4. The zero-order valence-electron chi connectivity index (χ0n) is 14.3. The highest BCUT2D eigenvalue weighted by atomic mass is 79.9. The zero-order chi connectivity index (χ0) is 20.4. The molecule has 9 heteroatoms. The molecule has 3 aromatic rings. The predicted octanol–water partition coefficient (Wildman–Crippen LogP) is 3.81. The smallest absolute Gasteiger partial charge is 0.262 e. The highest BCUT2D eigenvalue weighted by Gasteiger charge is 2.20. The number of rotatable bonds is 4. The molecule has 0 aliphatic carbocycles. The van der Waals surface area contributed by atoms with Gasteiger partial charge in [0, 0.05) is 11.6 Å². The molecule has 0 radical (unpaired) electrons. The predicted molar refractivity (Wildman–Crippen MR) is 115 cm³/mol. The average Bonchev–Trinajstić information content (AvgIpc) is 2.72. The first-order valence-electron chi connectivity index (χ1n) is 8.00. The maximum atomic E-state index is 12.4. The molecule has 3 rings (SSSR count). The van der Waals surface area contributed by atoms with Crippen LogP contribution in [-0.4, -0.2) is 34.0 Å². The summed E-state index contributed by atoms with van der Waals surface area (Å²) in [6.07, 6.45) is 1.13. The van der Waals surface area contributed by atoms with Crippen LogP contribution in [-0.2, 0) is 4.79 Å². The lowest BCUT2D eigenvalue weighted by atomic mass is 10.1.